The largest absolute Gasteiger partial charge is 0.347 e. The van der Waals surface area contributed by atoms with E-state index in [1.54, 1.807) is 22.8 Å². The monoisotopic (exact) mass is 492 g/mol. The average molecular weight is 493 g/mol. The van der Waals surface area contributed by atoms with E-state index in [2.05, 4.69) is 54.9 Å². The Bertz CT molecular complexity index is 1270. The Morgan fingerprint density at radius 1 is 1.03 bits per heavy atom. The molecule has 0 radical (unpaired) electrons. The van der Waals surface area contributed by atoms with Gasteiger partial charge in [-0.05, 0) is 44.3 Å². The number of aryl methyl sites for hydroxylation is 1. The van der Waals surface area contributed by atoms with E-state index in [0.717, 1.165) is 35.3 Å². The number of piperazine rings is 1. The Hall–Kier alpha value is -3.09. The quantitative estimate of drug-likeness (QED) is 0.467. The van der Waals surface area contributed by atoms with Gasteiger partial charge in [-0.1, -0.05) is 41.9 Å². The van der Waals surface area contributed by atoms with Crippen LogP contribution < -0.4 is 0 Å². The Morgan fingerprint density at radius 2 is 1.71 bits per heavy atom. The van der Waals surface area contributed by atoms with Crippen LogP contribution in [0.4, 0.5) is 0 Å². The van der Waals surface area contributed by atoms with Gasteiger partial charge in [-0.2, -0.15) is 0 Å². The molecule has 0 unspecified atom stereocenters. The van der Waals surface area contributed by atoms with Crippen molar-refractivity contribution < 1.29 is 9.59 Å². The van der Waals surface area contributed by atoms with E-state index in [1.807, 2.05) is 24.3 Å². The molecule has 1 aliphatic heterocycles. The molecule has 2 aromatic carbocycles. The lowest BCUT2D eigenvalue weighted by atomic mass is 9.96. The molecule has 1 aliphatic rings. The van der Waals surface area contributed by atoms with E-state index < -0.39 is 0 Å². The van der Waals surface area contributed by atoms with Gasteiger partial charge in [0.05, 0.1) is 5.52 Å². The van der Waals surface area contributed by atoms with E-state index in [1.165, 1.54) is 10.9 Å². The van der Waals surface area contributed by atoms with Crippen LogP contribution in [0.1, 0.15) is 25.0 Å². The highest BCUT2D eigenvalue weighted by atomic mass is 35.5. The summed E-state index contributed by atoms with van der Waals surface area (Å²) in [5.41, 5.74) is 5.31. The lowest BCUT2D eigenvalue weighted by Gasteiger charge is -2.33. The Labute approximate surface area is 212 Å². The zero-order chi connectivity index (χ0) is 25.1. The Kier molecular flexibility index (Phi) is 7.63. The maximum absolute atomic E-state index is 12.9. The minimum Gasteiger partial charge on any atom is -0.347 e. The number of nitrogens with zero attached hydrogens (tertiary/aromatic N) is 4. The van der Waals surface area contributed by atoms with Crippen molar-refractivity contribution in [2.45, 2.75) is 26.9 Å². The standard InChI is InChI=1S/C28H33ClN4O2/c1-5-31-19-22(18-30(3)4)23-9-7-10-24(28(23)31)27-21(8-6-11-25(27)29)12-13-26(35)33-16-14-32(15-17-33)20(2)34/h6-13,19H,5,14-18H2,1-4H3/b13-12+. The van der Waals surface area contributed by atoms with E-state index >= 15 is 0 Å². The molecule has 1 aromatic heterocycles. The summed E-state index contributed by atoms with van der Waals surface area (Å²) in [5.74, 6) is -0.00139. The van der Waals surface area contributed by atoms with Gasteiger partial charge >= 0.3 is 0 Å². The van der Waals surface area contributed by atoms with Crippen LogP contribution in [0.15, 0.2) is 48.7 Å². The van der Waals surface area contributed by atoms with Crippen molar-refractivity contribution in [3.8, 4) is 11.1 Å². The van der Waals surface area contributed by atoms with Gasteiger partial charge in [0.1, 0.15) is 0 Å². The molecule has 184 valence electrons. The van der Waals surface area contributed by atoms with Crippen LogP contribution in [0.25, 0.3) is 28.1 Å². The Balaban J connectivity index is 1.70. The van der Waals surface area contributed by atoms with Crippen molar-refractivity contribution in [1.82, 2.24) is 19.3 Å². The molecule has 1 fully saturated rings. The molecule has 2 amide bonds. The van der Waals surface area contributed by atoms with Crippen LogP contribution in [-0.2, 0) is 22.7 Å². The summed E-state index contributed by atoms with van der Waals surface area (Å²) in [6, 6.07) is 12.2. The fourth-order valence-electron chi connectivity index (χ4n) is 4.82. The number of halogens is 1. The number of carbonyl (C=O) groups is 2. The van der Waals surface area contributed by atoms with E-state index in [9.17, 15) is 9.59 Å². The van der Waals surface area contributed by atoms with Crippen LogP contribution >= 0.6 is 11.6 Å². The average Bonchev–Trinajstić information content (AvgIpc) is 3.20. The lowest BCUT2D eigenvalue weighted by molar-refractivity contribution is -0.135. The normalized spacial score (nSPS) is 14.5. The molecule has 4 rings (SSSR count). The van der Waals surface area contributed by atoms with Gasteiger partial charge in [-0.25, -0.2) is 0 Å². The zero-order valence-electron chi connectivity index (χ0n) is 20.9. The van der Waals surface area contributed by atoms with Gasteiger partial charge in [-0.15, -0.1) is 0 Å². The van der Waals surface area contributed by atoms with Crippen LogP contribution in [0, 0.1) is 0 Å². The van der Waals surface area contributed by atoms with Crippen molar-refractivity contribution in [2.24, 2.45) is 0 Å². The molecule has 7 heteroatoms. The van der Waals surface area contributed by atoms with Crippen LogP contribution in [-0.4, -0.2) is 71.4 Å². The molecule has 0 bridgehead atoms. The summed E-state index contributed by atoms with van der Waals surface area (Å²) >= 11 is 6.78. The zero-order valence-corrected chi connectivity index (χ0v) is 21.7. The summed E-state index contributed by atoms with van der Waals surface area (Å²) < 4.78 is 2.28. The molecule has 3 aromatic rings. The first-order valence-electron chi connectivity index (χ1n) is 12.1. The van der Waals surface area contributed by atoms with Crippen molar-refractivity contribution in [2.75, 3.05) is 40.3 Å². The van der Waals surface area contributed by atoms with Crippen molar-refractivity contribution >= 4 is 40.4 Å². The first kappa shape index (κ1) is 25.0. The number of hydrogen-bond acceptors (Lipinski definition) is 3. The van der Waals surface area contributed by atoms with E-state index in [-0.39, 0.29) is 11.8 Å². The molecule has 0 N–H and O–H groups in total. The van der Waals surface area contributed by atoms with E-state index in [0.29, 0.717) is 31.2 Å². The van der Waals surface area contributed by atoms with E-state index in [4.69, 9.17) is 11.6 Å². The lowest BCUT2D eigenvalue weighted by Crippen LogP contribution is -2.49. The third kappa shape index (κ3) is 5.29. The second-order valence-corrected chi connectivity index (χ2v) is 9.66. The van der Waals surface area contributed by atoms with Gasteiger partial charge in [-0.3, -0.25) is 9.59 Å². The first-order chi connectivity index (χ1) is 16.8. The number of carbonyl (C=O) groups excluding carboxylic acids is 2. The minimum absolute atomic E-state index is 0.0518. The van der Waals surface area contributed by atoms with Crippen molar-refractivity contribution in [3.05, 3.63) is 64.8 Å². The summed E-state index contributed by atoms with van der Waals surface area (Å²) in [6.07, 6.45) is 5.71. The summed E-state index contributed by atoms with van der Waals surface area (Å²) in [4.78, 5) is 30.2. The summed E-state index contributed by atoms with van der Waals surface area (Å²) in [6.45, 7) is 7.65. The summed E-state index contributed by atoms with van der Waals surface area (Å²) in [7, 11) is 4.15. The number of rotatable bonds is 6. The highest BCUT2D eigenvalue weighted by Crippen LogP contribution is 2.38. The maximum atomic E-state index is 12.9. The topological polar surface area (TPSA) is 48.8 Å². The molecule has 1 saturated heterocycles. The minimum atomic E-state index is -0.0532. The van der Waals surface area contributed by atoms with Crippen molar-refractivity contribution in [1.29, 1.82) is 0 Å². The number of fused-ring (bicyclic) bond motifs is 1. The second kappa shape index (κ2) is 10.7. The number of aromatic nitrogens is 1. The number of hydrogen-bond donors (Lipinski definition) is 0. The predicted molar refractivity (Wildman–Crippen MR) is 143 cm³/mol. The molecule has 0 aliphatic carbocycles. The van der Waals surface area contributed by atoms with Crippen LogP contribution in [0.5, 0.6) is 0 Å². The maximum Gasteiger partial charge on any atom is 0.246 e. The molecule has 6 nitrogen and oxygen atoms in total. The second-order valence-electron chi connectivity index (χ2n) is 9.25. The summed E-state index contributed by atoms with van der Waals surface area (Å²) in [5, 5.41) is 1.87. The first-order valence-corrected chi connectivity index (χ1v) is 12.4. The molecule has 0 saturated carbocycles. The fourth-order valence-corrected chi connectivity index (χ4v) is 5.11. The van der Waals surface area contributed by atoms with Gasteiger partial charge in [0, 0.05) is 80.0 Å². The molecular weight excluding hydrogens is 460 g/mol. The molecular formula is C28H33ClN4O2. The molecule has 0 atom stereocenters. The highest BCUT2D eigenvalue weighted by molar-refractivity contribution is 6.34. The van der Waals surface area contributed by atoms with Crippen LogP contribution in [0.2, 0.25) is 5.02 Å². The molecule has 0 spiro atoms. The number of amides is 2. The fraction of sp³-hybridized carbons (Fsp3) is 0.357. The third-order valence-corrected chi connectivity index (χ3v) is 6.88. The number of para-hydroxylation sites is 1. The predicted octanol–water partition coefficient (Wildman–Crippen LogP) is 4.75. The van der Waals surface area contributed by atoms with Gasteiger partial charge in [0.15, 0.2) is 0 Å². The van der Waals surface area contributed by atoms with Crippen LogP contribution in [0.3, 0.4) is 0 Å². The smallest absolute Gasteiger partial charge is 0.246 e. The highest BCUT2D eigenvalue weighted by Gasteiger charge is 2.21. The van der Waals surface area contributed by atoms with Gasteiger partial charge in [0.2, 0.25) is 11.8 Å². The van der Waals surface area contributed by atoms with Gasteiger partial charge in [0.25, 0.3) is 0 Å². The SMILES string of the molecule is CCn1cc(CN(C)C)c2cccc(-c3c(Cl)cccc3/C=C/C(=O)N3CCN(C(C)=O)CC3)c21. The third-order valence-electron chi connectivity index (χ3n) is 6.57. The van der Waals surface area contributed by atoms with Crippen molar-refractivity contribution in [3.63, 3.8) is 0 Å². The molecule has 2 heterocycles. The molecule has 35 heavy (non-hydrogen) atoms. The Morgan fingerprint density at radius 3 is 2.37 bits per heavy atom. The van der Waals surface area contributed by atoms with Gasteiger partial charge < -0.3 is 19.3 Å². The number of benzene rings is 2.